The zero-order valence-corrected chi connectivity index (χ0v) is 13.4. The van der Waals surface area contributed by atoms with Crippen molar-refractivity contribution in [2.24, 2.45) is 5.92 Å². The maximum Gasteiger partial charge on any atom is 0.317 e. The summed E-state index contributed by atoms with van der Waals surface area (Å²) in [6.45, 7) is 2.64. The molecule has 0 aromatic carbocycles. The second kappa shape index (κ2) is 7.07. The SMILES string of the molecule is CCN(CC(=O)O)C1CC(NS(=O)(=O)CCC2CCC2)C1. The van der Waals surface area contributed by atoms with Gasteiger partial charge in [0.05, 0.1) is 12.3 Å². The van der Waals surface area contributed by atoms with Crippen LogP contribution in [0, 0.1) is 5.92 Å². The molecule has 0 aromatic rings. The van der Waals surface area contributed by atoms with E-state index in [4.69, 9.17) is 5.11 Å². The minimum Gasteiger partial charge on any atom is -0.480 e. The Morgan fingerprint density at radius 3 is 2.48 bits per heavy atom. The number of carbonyl (C=O) groups is 1. The van der Waals surface area contributed by atoms with Crippen LogP contribution in [0.3, 0.4) is 0 Å². The van der Waals surface area contributed by atoms with Crippen LogP contribution >= 0.6 is 0 Å². The highest BCUT2D eigenvalue weighted by Gasteiger charge is 2.36. The fourth-order valence-corrected chi connectivity index (χ4v) is 4.53. The minimum atomic E-state index is -3.18. The first kappa shape index (κ1) is 16.7. The lowest BCUT2D eigenvalue weighted by atomic mass is 9.84. The van der Waals surface area contributed by atoms with Gasteiger partial charge in [0.2, 0.25) is 10.0 Å². The van der Waals surface area contributed by atoms with E-state index in [9.17, 15) is 13.2 Å². The number of nitrogens with one attached hydrogen (secondary N) is 1. The molecule has 122 valence electrons. The average molecular weight is 318 g/mol. The Labute approximate surface area is 126 Å². The van der Waals surface area contributed by atoms with Crippen molar-refractivity contribution in [3.63, 3.8) is 0 Å². The molecule has 0 spiro atoms. The van der Waals surface area contributed by atoms with Gasteiger partial charge < -0.3 is 5.11 Å². The van der Waals surface area contributed by atoms with E-state index in [0.29, 0.717) is 25.3 Å². The summed E-state index contributed by atoms with van der Waals surface area (Å²) in [6.07, 6.45) is 5.77. The molecule has 0 aliphatic heterocycles. The molecule has 0 unspecified atom stereocenters. The number of aliphatic carboxylic acids is 1. The summed E-state index contributed by atoms with van der Waals surface area (Å²) in [6, 6.07) is 0.162. The number of nitrogens with zero attached hydrogens (tertiary/aromatic N) is 1. The summed E-state index contributed by atoms with van der Waals surface area (Å²) >= 11 is 0. The van der Waals surface area contributed by atoms with Gasteiger partial charge in [-0.05, 0) is 31.7 Å². The highest BCUT2D eigenvalue weighted by atomic mass is 32.2. The predicted molar refractivity (Wildman–Crippen MR) is 80.6 cm³/mol. The fourth-order valence-electron chi connectivity index (χ4n) is 3.07. The van der Waals surface area contributed by atoms with E-state index >= 15 is 0 Å². The van der Waals surface area contributed by atoms with Crippen LogP contribution in [0.5, 0.6) is 0 Å². The first-order chi connectivity index (χ1) is 9.89. The number of hydrogen-bond acceptors (Lipinski definition) is 4. The van der Waals surface area contributed by atoms with Gasteiger partial charge in [0.25, 0.3) is 0 Å². The third kappa shape index (κ3) is 4.93. The normalized spacial score (nSPS) is 26.4. The largest absolute Gasteiger partial charge is 0.480 e. The molecule has 0 radical (unpaired) electrons. The zero-order chi connectivity index (χ0) is 15.5. The van der Waals surface area contributed by atoms with Gasteiger partial charge in [-0.15, -0.1) is 0 Å². The van der Waals surface area contributed by atoms with Crippen LogP contribution in [0.2, 0.25) is 0 Å². The lowest BCUT2D eigenvalue weighted by Gasteiger charge is -2.42. The summed E-state index contributed by atoms with van der Waals surface area (Å²) in [4.78, 5) is 12.6. The van der Waals surface area contributed by atoms with Crippen molar-refractivity contribution in [3.8, 4) is 0 Å². The first-order valence-electron chi connectivity index (χ1n) is 7.85. The molecule has 0 amide bonds. The number of carboxylic acids is 1. The quantitative estimate of drug-likeness (QED) is 0.663. The van der Waals surface area contributed by atoms with Gasteiger partial charge in [-0.3, -0.25) is 9.69 Å². The van der Waals surface area contributed by atoms with Gasteiger partial charge in [-0.2, -0.15) is 0 Å². The lowest BCUT2D eigenvalue weighted by molar-refractivity contribution is -0.139. The summed E-state index contributed by atoms with van der Waals surface area (Å²) in [5.74, 6) is -0.00548. The number of likely N-dealkylation sites (N-methyl/N-ethyl adjacent to an activating group) is 1. The predicted octanol–water partition coefficient (Wildman–Crippen LogP) is 1.03. The number of rotatable bonds is 9. The van der Waals surface area contributed by atoms with Crippen molar-refractivity contribution in [2.45, 2.75) is 57.5 Å². The van der Waals surface area contributed by atoms with Crippen LogP contribution in [0.25, 0.3) is 0 Å². The monoisotopic (exact) mass is 318 g/mol. The van der Waals surface area contributed by atoms with Crippen molar-refractivity contribution in [1.82, 2.24) is 9.62 Å². The topological polar surface area (TPSA) is 86.7 Å². The lowest BCUT2D eigenvalue weighted by Crippen LogP contribution is -2.55. The maximum atomic E-state index is 12.0. The Morgan fingerprint density at radius 1 is 1.33 bits per heavy atom. The summed E-state index contributed by atoms with van der Waals surface area (Å²) in [5.41, 5.74) is 0. The van der Waals surface area contributed by atoms with Crippen LogP contribution in [0.1, 0.15) is 45.4 Å². The van der Waals surface area contributed by atoms with Crippen LogP contribution in [0.4, 0.5) is 0 Å². The molecular formula is C14H26N2O4S. The molecule has 2 rings (SSSR count). The van der Waals surface area contributed by atoms with Gasteiger partial charge in [0, 0.05) is 12.1 Å². The molecule has 2 aliphatic carbocycles. The molecule has 0 atom stereocenters. The van der Waals surface area contributed by atoms with Crippen molar-refractivity contribution in [3.05, 3.63) is 0 Å². The van der Waals surface area contributed by atoms with Crippen molar-refractivity contribution < 1.29 is 18.3 Å². The van der Waals surface area contributed by atoms with Gasteiger partial charge in [0.1, 0.15) is 0 Å². The van der Waals surface area contributed by atoms with E-state index in [2.05, 4.69) is 4.72 Å². The minimum absolute atomic E-state index is 0.0239. The van der Waals surface area contributed by atoms with E-state index in [1.54, 1.807) is 0 Å². The second-order valence-electron chi connectivity index (χ2n) is 6.30. The Balaban J connectivity index is 1.69. The van der Waals surface area contributed by atoms with Crippen LogP contribution < -0.4 is 4.72 Å². The maximum absolute atomic E-state index is 12.0. The molecule has 2 N–H and O–H groups in total. The van der Waals surface area contributed by atoms with Gasteiger partial charge in [-0.1, -0.05) is 26.2 Å². The van der Waals surface area contributed by atoms with Gasteiger partial charge >= 0.3 is 5.97 Å². The average Bonchev–Trinajstić information content (AvgIpc) is 2.28. The number of sulfonamides is 1. The van der Waals surface area contributed by atoms with E-state index in [1.165, 1.54) is 19.3 Å². The molecule has 2 saturated carbocycles. The molecular weight excluding hydrogens is 292 g/mol. The van der Waals surface area contributed by atoms with Crippen molar-refractivity contribution in [2.75, 3.05) is 18.8 Å². The highest BCUT2D eigenvalue weighted by molar-refractivity contribution is 7.89. The number of carboxylic acid groups (broad SMARTS) is 1. The van der Waals surface area contributed by atoms with E-state index in [1.807, 2.05) is 11.8 Å². The summed E-state index contributed by atoms with van der Waals surface area (Å²) in [7, 11) is -3.18. The Hall–Kier alpha value is -0.660. The molecule has 21 heavy (non-hydrogen) atoms. The second-order valence-corrected chi connectivity index (χ2v) is 8.17. The van der Waals surface area contributed by atoms with Crippen molar-refractivity contribution in [1.29, 1.82) is 0 Å². The van der Waals surface area contributed by atoms with E-state index in [-0.39, 0.29) is 24.4 Å². The summed E-state index contributed by atoms with van der Waals surface area (Å²) in [5, 5.41) is 8.83. The fraction of sp³-hybridized carbons (Fsp3) is 0.929. The third-order valence-electron chi connectivity index (χ3n) is 4.74. The van der Waals surface area contributed by atoms with Crippen LogP contribution in [-0.4, -0.2) is 55.3 Å². The molecule has 7 heteroatoms. The van der Waals surface area contributed by atoms with Crippen LogP contribution in [-0.2, 0) is 14.8 Å². The Kier molecular flexibility index (Phi) is 5.62. The van der Waals surface area contributed by atoms with Crippen LogP contribution in [0.15, 0.2) is 0 Å². The molecule has 0 saturated heterocycles. The zero-order valence-electron chi connectivity index (χ0n) is 12.6. The third-order valence-corrected chi connectivity index (χ3v) is 6.21. The summed E-state index contributed by atoms with van der Waals surface area (Å²) < 4.78 is 26.7. The first-order valence-corrected chi connectivity index (χ1v) is 9.50. The Morgan fingerprint density at radius 2 is 2.00 bits per heavy atom. The van der Waals surface area contributed by atoms with E-state index < -0.39 is 16.0 Å². The van der Waals surface area contributed by atoms with E-state index in [0.717, 1.165) is 6.42 Å². The molecule has 6 nitrogen and oxygen atoms in total. The standard InChI is InChI=1S/C14H26N2O4S/c1-2-16(10-14(17)18)13-8-12(9-13)15-21(19,20)7-6-11-4-3-5-11/h11-13,15H,2-10H2,1H3,(H,17,18). The number of hydrogen-bond donors (Lipinski definition) is 2. The van der Waals surface area contributed by atoms with Gasteiger partial charge in [0.15, 0.2) is 0 Å². The molecule has 0 heterocycles. The highest BCUT2D eigenvalue weighted by Crippen LogP contribution is 2.30. The Bertz CT molecular complexity index is 456. The molecule has 2 aliphatic rings. The van der Waals surface area contributed by atoms with Crippen molar-refractivity contribution >= 4 is 16.0 Å². The smallest absolute Gasteiger partial charge is 0.317 e. The molecule has 0 aromatic heterocycles. The van der Waals surface area contributed by atoms with Gasteiger partial charge in [-0.25, -0.2) is 13.1 Å². The molecule has 0 bridgehead atoms. The molecule has 2 fully saturated rings.